The van der Waals surface area contributed by atoms with E-state index in [1.165, 1.54) is 42.4 Å². The average Bonchev–Trinajstić information content (AvgIpc) is 3.35. The number of anilines is 2. The summed E-state index contributed by atoms with van der Waals surface area (Å²) in [5.74, 6) is -0.599. The van der Waals surface area contributed by atoms with E-state index in [2.05, 4.69) is 57.8 Å². The van der Waals surface area contributed by atoms with Crippen LogP contribution in [0.15, 0.2) is 66.9 Å². The van der Waals surface area contributed by atoms with Gasteiger partial charge in [-0.05, 0) is 61.2 Å². The van der Waals surface area contributed by atoms with Crippen LogP contribution in [-0.2, 0) is 6.54 Å². The van der Waals surface area contributed by atoms with E-state index in [1.54, 1.807) is 18.2 Å². The van der Waals surface area contributed by atoms with Crippen molar-refractivity contribution >= 4 is 34.7 Å². The lowest BCUT2D eigenvalue weighted by molar-refractivity contribution is 0.102. The van der Waals surface area contributed by atoms with Crippen LogP contribution in [0.2, 0.25) is 5.02 Å². The van der Waals surface area contributed by atoms with E-state index in [0.29, 0.717) is 23.1 Å². The van der Waals surface area contributed by atoms with Gasteiger partial charge in [0, 0.05) is 37.2 Å². The fourth-order valence-electron chi connectivity index (χ4n) is 3.97. The Labute approximate surface area is 198 Å². The van der Waals surface area contributed by atoms with Crippen molar-refractivity contribution in [3.8, 4) is 0 Å². The van der Waals surface area contributed by atoms with Crippen LogP contribution in [-0.4, -0.2) is 28.9 Å². The predicted octanol–water partition coefficient (Wildman–Crippen LogP) is 6.20. The monoisotopic (exact) mass is 464 g/mol. The number of aromatic nitrogens is 1. The van der Waals surface area contributed by atoms with Gasteiger partial charge in [-0.15, -0.1) is 0 Å². The third-order valence-electron chi connectivity index (χ3n) is 5.65. The molecule has 33 heavy (non-hydrogen) atoms. The number of nitrogens with zero attached hydrogens (tertiary/aromatic N) is 2. The van der Waals surface area contributed by atoms with Crippen molar-refractivity contribution in [2.45, 2.75) is 26.3 Å². The minimum absolute atomic E-state index is 0.202. The molecule has 0 bridgehead atoms. The SMILES string of the molecule is C/C=C(\c1ccc(CNc2ccc(F)cc2C(=O)Nc2ccc(Cl)cn2)cc1)N1CCCC1. The van der Waals surface area contributed by atoms with E-state index in [1.807, 2.05) is 0 Å². The second-order valence-corrected chi connectivity index (χ2v) is 8.36. The number of pyridine rings is 1. The summed E-state index contributed by atoms with van der Waals surface area (Å²) in [5.41, 5.74) is 4.26. The maximum atomic E-state index is 13.9. The highest BCUT2D eigenvalue weighted by molar-refractivity contribution is 6.30. The van der Waals surface area contributed by atoms with Crippen LogP contribution in [0.1, 0.15) is 41.3 Å². The molecule has 0 atom stereocenters. The van der Waals surface area contributed by atoms with Gasteiger partial charge in [-0.2, -0.15) is 0 Å². The zero-order chi connectivity index (χ0) is 23.2. The molecule has 0 spiro atoms. The number of carbonyl (C=O) groups is 1. The van der Waals surface area contributed by atoms with Crippen LogP contribution in [0.4, 0.5) is 15.9 Å². The molecule has 1 saturated heterocycles. The molecule has 2 N–H and O–H groups in total. The number of rotatable bonds is 7. The first-order valence-electron chi connectivity index (χ1n) is 11.0. The van der Waals surface area contributed by atoms with E-state index in [0.717, 1.165) is 18.7 Å². The number of hydrogen-bond acceptors (Lipinski definition) is 4. The topological polar surface area (TPSA) is 57.3 Å². The summed E-state index contributed by atoms with van der Waals surface area (Å²) in [6.45, 7) is 4.78. The number of benzene rings is 2. The Balaban J connectivity index is 1.45. The minimum Gasteiger partial charge on any atom is -0.380 e. The summed E-state index contributed by atoms with van der Waals surface area (Å²) >= 11 is 5.84. The fourth-order valence-corrected chi connectivity index (χ4v) is 4.08. The Bertz CT molecular complexity index is 1140. The molecule has 0 unspecified atom stereocenters. The molecule has 1 aliphatic rings. The number of likely N-dealkylation sites (tertiary alicyclic amines) is 1. The molecule has 2 heterocycles. The predicted molar refractivity (Wildman–Crippen MR) is 132 cm³/mol. The number of allylic oxidation sites excluding steroid dienone is 1. The number of halogens is 2. The van der Waals surface area contributed by atoms with Gasteiger partial charge >= 0.3 is 0 Å². The van der Waals surface area contributed by atoms with E-state index in [4.69, 9.17) is 11.6 Å². The average molecular weight is 465 g/mol. The van der Waals surface area contributed by atoms with Crippen molar-refractivity contribution in [3.63, 3.8) is 0 Å². The van der Waals surface area contributed by atoms with Gasteiger partial charge in [0.25, 0.3) is 5.91 Å². The second kappa shape index (κ2) is 10.5. The number of nitrogens with one attached hydrogen (secondary N) is 2. The lowest BCUT2D eigenvalue weighted by Crippen LogP contribution is -2.17. The van der Waals surface area contributed by atoms with Crippen LogP contribution in [0.25, 0.3) is 5.70 Å². The molecule has 0 aliphatic carbocycles. The normalized spacial score (nSPS) is 13.8. The molecule has 1 aromatic heterocycles. The Kier molecular flexibility index (Phi) is 7.25. The molecule has 170 valence electrons. The highest BCUT2D eigenvalue weighted by Crippen LogP contribution is 2.25. The highest BCUT2D eigenvalue weighted by Gasteiger charge is 2.16. The first kappa shape index (κ1) is 22.8. The van der Waals surface area contributed by atoms with Crippen molar-refractivity contribution in [1.82, 2.24) is 9.88 Å². The van der Waals surface area contributed by atoms with Crippen molar-refractivity contribution in [2.75, 3.05) is 23.7 Å². The maximum Gasteiger partial charge on any atom is 0.259 e. The molecule has 7 heteroatoms. The van der Waals surface area contributed by atoms with Crippen LogP contribution in [0.3, 0.4) is 0 Å². The zero-order valence-electron chi connectivity index (χ0n) is 18.4. The van der Waals surface area contributed by atoms with E-state index < -0.39 is 11.7 Å². The Morgan fingerprint density at radius 1 is 1.12 bits per heavy atom. The molecule has 1 amide bonds. The Morgan fingerprint density at radius 2 is 1.88 bits per heavy atom. The first-order valence-corrected chi connectivity index (χ1v) is 11.4. The smallest absolute Gasteiger partial charge is 0.259 e. The molecular formula is C26H26ClFN4O. The van der Waals surface area contributed by atoms with Gasteiger partial charge in [-0.1, -0.05) is 41.9 Å². The molecule has 2 aromatic carbocycles. The van der Waals surface area contributed by atoms with Gasteiger partial charge in [-0.3, -0.25) is 4.79 Å². The zero-order valence-corrected chi connectivity index (χ0v) is 19.2. The fraction of sp³-hybridized carbons (Fsp3) is 0.231. The summed E-state index contributed by atoms with van der Waals surface area (Å²) in [6.07, 6.45) is 6.08. The standard InChI is InChI=1S/C26H26ClFN4O/c1-2-24(32-13-3-4-14-32)19-7-5-18(6-8-19)16-29-23-11-10-21(28)15-22(23)26(33)31-25-12-9-20(27)17-30-25/h2,5-12,15,17,29H,3-4,13-14,16H2,1H3,(H,30,31,33)/b24-2+. The molecule has 3 aromatic rings. The third-order valence-corrected chi connectivity index (χ3v) is 5.87. The van der Waals surface area contributed by atoms with Crippen molar-refractivity contribution in [2.24, 2.45) is 0 Å². The lowest BCUT2D eigenvalue weighted by atomic mass is 10.1. The molecule has 1 aliphatic heterocycles. The van der Waals surface area contributed by atoms with E-state index >= 15 is 0 Å². The van der Waals surface area contributed by atoms with Gasteiger partial charge in [-0.25, -0.2) is 9.37 Å². The summed E-state index contributed by atoms with van der Waals surface area (Å²) in [7, 11) is 0. The van der Waals surface area contributed by atoms with E-state index in [-0.39, 0.29) is 5.56 Å². The number of amides is 1. The van der Waals surface area contributed by atoms with Crippen LogP contribution >= 0.6 is 11.6 Å². The van der Waals surface area contributed by atoms with Crippen molar-refractivity contribution in [3.05, 3.63) is 94.4 Å². The third kappa shape index (κ3) is 5.71. The molecule has 0 radical (unpaired) electrons. The lowest BCUT2D eigenvalue weighted by Gasteiger charge is -2.22. The summed E-state index contributed by atoms with van der Waals surface area (Å²) in [5, 5.41) is 6.40. The highest BCUT2D eigenvalue weighted by atomic mass is 35.5. The van der Waals surface area contributed by atoms with Crippen molar-refractivity contribution < 1.29 is 9.18 Å². The van der Waals surface area contributed by atoms with Gasteiger partial charge in [0.1, 0.15) is 11.6 Å². The maximum absolute atomic E-state index is 13.9. The van der Waals surface area contributed by atoms with Crippen LogP contribution in [0.5, 0.6) is 0 Å². The summed E-state index contributed by atoms with van der Waals surface area (Å²) in [6, 6.07) is 15.7. The van der Waals surface area contributed by atoms with Gasteiger partial charge in [0.2, 0.25) is 0 Å². The van der Waals surface area contributed by atoms with Crippen molar-refractivity contribution in [1.29, 1.82) is 0 Å². The molecule has 1 fully saturated rings. The minimum atomic E-state index is -0.486. The second-order valence-electron chi connectivity index (χ2n) is 7.92. The van der Waals surface area contributed by atoms with Gasteiger partial charge in [0.05, 0.1) is 10.6 Å². The quantitative estimate of drug-likeness (QED) is 0.437. The largest absolute Gasteiger partial charge is 0.380 e. The molecular weight excluding hydrogens is 439 g/mol. The number of hydrogen-bond donors (Lipinski definition) is 2. The molecule has 5 nitrogen and oxygen atoms in total. The Morgan fingerprint density at radius 3 is 2.55 bits per heavy atom. The molecule has 0 saturated carbocycles. The Hall–Kier alpha value is -3.38. The summed E-state index contributed by atoms with van der Waals surface area (Å²) < 4.78 is 13.9. The van der Waals surface area contributed by atoms with Gasteiger partial charge < -0.3 is 15.5 Å². The van der Waals surface area contributed by atoms with Crippen LogP contribution in [0, 0.1) is 5.82 Å². The first-order chi connectivity index (χ1) is 16.0. The van der Waals surface area contributed by atoms with Crippen LogP contribution < -0.4 is 10.6 Å². The van der Waals surface area contributed by atoms with Gasteiger partial charge in [0.15, 0.2) is 0 Å². The number of carbonyl (C=O) groups excluding carboxylic acids is 1. The van der Waals surface area contributed by atoms with E-state index in [9.17, 15) is 9.18 Å². The molecule has 4 rings (SSSR count). The summed E-state index contributed by atoms with van der Waals surface area (Å²) in [4.78, 5) is 19.2.